The van der Waals surface area contributed by atoms with E-state index in [0.29, 0.717) is 6.54 Å². The molecule has 130 valence electrons. The minimum atomic E-state index is -0.936. The Morgan fingerprint density at radius 3 is 2.52 bits per heavy atom. The van der Waals surface area contributed by atoms with Gasteiger partial charge in [0.2, 0.25) is 0 Å². The van der Waals surface area contributed by atoms with E-state index < -0.39 is 12.1 Å². The lowest BCUT2D eigenvalue weighted by Crippen LogP contribution is -2.37. The van der Waals surface area contributed by atoms with E-state index in [9.17, 15) is 9.59 Å². The molecule has 1 aliphatic heterocycles. The number of alkyl carbamates (subject to hydrolysis) is 1. The molecule has 1 atom stereocenters. The molecule has 3 rings (SSSR count). The highest BCUT2D eigenvalue weighted by molar-refractivity contribution is 5.88. The van der Waals surface area contributed by atoms with Crippen molar-refractivity contribution in [2.45, 2.75) is 19.1 Å². The molecular weight excluding hydrogens is 320 g/mol. The average Bonchev–Trinajstić information content (AvgIpc) is 3.09. The van der Waals surface area contributed by atoms with Crippen LogP contribution < -0.4 is 10.2 Å². The third-order valence-corrected chi connectivity index (χ3v) is 4.20. The Labute approximate surface area is 146 Å². The number of anilines is 1. The first-order chi connectivity index (χ1) is 12.1. The number of amides is 1. The molecule has 1 saturated heterocycles. The molecule has 2 aromatic carbocycles. The molecule has 2 aromatic rings. The maximum atomic E-state index is 11.9. The predicted octanol–water partition coefficient (Wildman–Crippen LogP) is 2.89. The summed E-state index contributed by atoms with van der Waals surface area (Å²) in [6.07, 6.45) is 0.401. The summed E-state index contributed by atoms with van der Waals surface area (Å²) < 4.78 is 5.24. The van der Waals surface area contributed by atoms with Crippen molar-refractivity contribution >= 4 is 17.7 Å². The number of nitrogens with zero attached hydrogens (tertiary/aromatic N) is 1. The molecule has 0 bridgehead atoms. The number of carboxylic acids is 1. The zero-order valence-electron chi connectivity index (χ0n) is 13.7. The van der Waals surface area contributed by atoms with E-state index in [1.165, 1.54) is 0 Å². The van der Waals surface area contributed by atoms with E-state index >= 15 is 0 Å². The summed E-state index contributed by atoms with van der Waals surface area (Å²) in [4.78, 5) is 24.9. The van der Waals surface area contributed by atoms with Gasteiger partial charge in [-0.25, -0.2) is 9.59 Å². The molecule has 0 saturated carbocycles. The third kappa shape index (κ3) is 4.50. The molecule has 0 radical (unpaired) electrons. The highest BCUT2D eigenvalue weighted by Crippen LogP contribution is 2.21. The van der Waals surface area contributed by atoms with Crippen LogP contribution in [0.1, 0.15) is 22.3 Å². The van der Waals surface area contributed by atoms with Gasteiger partial charge in [0, 0.05) is 18.8 Å². The maximum absolute atomic E-state index is 11.9. The molecule has 25 heavy (non-hydrogen) atoms. The minimum absolute atomic E-state index is 0.0161. The normalized spacial score (nSPS) is 16.5. The highest BCUT2D eigenvalue weighted by atomic mass is 16.5. The van der Waals surface area contributed by atoms with Crippen molar-refractivity contribution in [2.24, 2.45) is 0 Å². The van der Waals surface area contributed by atoms with Crippen molar-refractivity contribution in [1.82, 2.24) is 5.32 Å². The second-order valence-electron chi connectivity index (χ2n) is 5.99. The Balaban J connectivity index is 1.47. The molecule has 1 heterocycles. The predicted molar refractivity (Wildman–Crippen MR) is 93.8 cm³/mol. The zero-order chi connectivity index (χ0) is 17.6. The number of carbonyl (C=O) groups excluding carboxylic acids is 1. The lowest BCUT2D eigenvalue weighted by molar-refractivity contribution is 0.0697. The van der Waals surface area contributed by atoms with Crippen molar-refractivity contribution < 1.29 is 19.4 Å². The fourth-order valence-corrected chi connectivity index (χ4v) is 2.86. The van der Waals surface area contributed by atoms with Crippen LogP contribution >= 0.6 is 0 Å². The number of carbonyl (C=O) groups is 2. The van der Waals surface area contributed by atoms with Gasteiger partial charge < -0.3 is 20.1 Å². The summed E-state index contributed by atoms with van der Waals surface area (Å²) in [6, 6.07) is 16.3. The lowest BCUT2D eigenvalue weighted by Gasteiger charge is -2.19. The Morgan fingerprint density at radius 2 is 1.84 bits per heavy atom. The van der Waals surface area contributed by atoms with Crippen LogP contribution in [0.2, 0.25) is 0 Å². The van der Waals surface area contributed by atoms with E-state index in [0.717, 1.165) is 24.2 Å². The van der Waals surface area contributed by atoms with Crippen molar-refractivity contribution in [2.75, 3.05) is 18.0 Å². The number of hydrogen-bond donors (Lipinski definition) is 2. The van der Waals surface area contributed by atoms with Crippen molar-refractivity contribution in [3.05, 3.63) is 65.7 Å². The summed E-state index contributed by atoms with van der Waals surface area (Å²) in [6.45, 7) is 1.72. The number of carboxylic acid groups (broad SMARTS) is 1. The number of aromatic carboxylic acids is 1. The summed E-state index contributed by atoms with van der Waals surface area (Å²) in [5.74, 6) is -0.936. The van der Waals surface area contributed by atoms with Gasteiger partial charge in [-0.05, 0) is 36.2 Å². The van der Waals surface area contributed by atoms with Crippen molar-refractivity contribution in [1.29, 1.82) is 0 Å². The lowest BCUT2D eigenvalue weighted by atomic mass is 10.2. The highest BCUT2D eigenvalue weighted by Gasteiger charge is 2.24. The van der Waals surface area contributed by atoms with Gasteiger partial charge in [-0.2, -0.15) is 0 Å². The van der Waals surface area contributed by atoms with Crippen LogP contribution in [0.25, 0.3) is 0 Å². The van der Waals surface area contributed by atoms with Gasteiger partial charge in [-0.15, -0.1) is 0 Å². The molecule has 1 aliphatic rings. The van der Waals surface area contributed by atoms with E-state index in [-0.39, 0.29) is 18.2 Å². The molecule has 0 unspecified atom stereocenters. The second kappa shape index (κ2) is 7.70. The molecule has 6 nitrogen and oxygen atoms in total. The summed E-state index contributed by atoms with van der Waals surface area (Å²) in [5.41, 5.74) is 2.17. The first kappa shape index (κ1) is 16.8. The molecule has 0 aromatic heterocycles. The van der Waals surface area contributed by atoms with Gasteiger partial charge in [0.05, 0.1) is 11.6 Å². The number of benzene rings is 2. The first-order valence-corrected chi connectivity index (χ1v) is 8.17. The number of hydrogen-bond acceptors (Lipinski definition) is 4. The maximum Gasteiger partial charge on any atom is 0.407 e. The van der Waals surface area contributed by atoms with E-state index in [4.69, 9.17) is 9.84 Å². The summed E-state index contributed by atoms with van der Waals surface area (Å²) in [7, 11) is 0. The number of ether oxygens (including phenoxy) is 1. The van der Waals surface area contributed by atoms with Gasteiger partial charge in [-0.3, -0.25) is 0 Å². The van der Waals surface area contributed by atoms with Gasteiger partial charge in [-0.1, -0.05) is 30.3 Å². The van der Waals surface area contributed by atoms with Crippen LogP contribution in [0.5, 0.6) is 0 Å². The van der Waals surface area contributed by atoms with Gasteiger partial charge >= 0.3 is 12.1 Å². The smallest absolute Gasteiger partial charge is 0.407 e. The van der Waals surface area contributed by atoms with Crippen molar-refractivity contribution in [3.8, 4) is 0 Å². The number of nitrogens with one attached hydrogen (secondary N) is 1. The standard InChI is InChI=1S/C19H20N2O4/c22-18(23)15-6-8-17(9-7-15)21-11-10-16(12-21)20-19(24)25-13-14-4-2-1-3-5-14/h1-9,16H,10-13H2,(H,20,24)(H,22,23)/t16-/m1/s1. The summed E-state index contributed by atoms with van der Waals surface area (Å²) in [5, 5.41) is 11.8. The Bertz CT molecular complexity index is 731. The van der Waals surface area contributed by atoms with E-state index in [1.807, 2.05) is 30.3 Å². The second-order valence-corrected chi connectivity index (χ2v) is 5.99. The molecule has 0 aliphatic carbocycles. The molecule has 1 fully saturated rings. The third-order valence-electron chi connectivity index (χ3n) is 4.20. The Morgan fingerprint density at radius 1 is 1.12 bits per heavy atom. The summed E-state index contributed by atoms with van der Waals surface area (Å²) >= 11 is 0. The molecule has 1 amide bonds. The quantitative estimate of drug-likeness (QED) is 0.875. The molecular formula is C19H20N2O4. The monoisotopic (exact) mass is 340 g/mol. The van der Waals surface area contributed by atoms with Crippen LogP contribution in [0.4, 0.5) is 10.5 Å². The fourth-order valence-electron chi connectivity index (χ4n) is 2.86. The van der Waals surface area contributed by atoms with Gasteiger partial charge in [0.15, 0.2) is 0 Å². The van der Waals surface area contributed by atoms with Crippen molar-refractivity contribution in [3.63, 3.8) is 0 Å². The fraction of sp³-hybridized carbons (Fsp3) is 0.263. The largest absolute Gasteiger partial charge is 0.478 e. The SMILES string of the molecule is O=C(N[C@@H]1CCN(c2ccc(C(=O)O)cc2)C1)OCc1ccccc1. The van der Waals surface area contributed by atoms with Gasteiger partial charge in [0.25, 0.3) is 0 Å². The van der Waals surface area contributed by atoms with Crippen LogP contribution in [-0.2, 0) is 11.3 Å². The molecule has 2 N–H and O–H groups in total. The van der Waals surface area contributed by atoms with Crippen LogP contribution in [-0.4, -0.2) is 36.3 Å². The van der Waals surface area contributed by atoms with Crippen LogP contribution in [0.3, 0.4) is 0 Å². The molecule has 0 spiro atoms. The topological polar surface area (TPSA) is 78.9 Å². The number of rotatable bonds is 5. The van der Waals surface area contributed by atoms with E-state index in [1.54, 1.807) is 24.3 Å². The zero-order valence-corrected chi connectivity index (χ0v) is 13.7. The van der Waals surface area contributed by atoms with Gasteiger partial charge in [0.1, 0.15) is 6.61 Å². The van der Waals surface area contributed by atoms with Crippen LogP contribution in [0, 0.1) is 0 Å². The first-order valence-electron chi connectivity index (χ1n) is 8.17. The molecule has 6 heteroatoms. The average molecular weight is 340 g/mol. The Hall–Kier alpha value is -3.02. The minimum Gasteiger partial charge on any atom is -0.478 e. The van der Waals surface area contributed by atoms with Crippen LogP contribution in [0.15, 0.2) is 54.6 Å². The Kier molecular flexibility index (Phi) is 5.18. The van der Waals surface area contributed by atoms with E-state index in [2.05, 4.69) is 10.2 Å².